The average Bonchev–Trinajstić information content (AvgIpc) is 2.46. The van der Waals surface area contributed by atoms with Gasteiger partial charge < -0.3 is 10.2 Å². The van der Waals surface area contributed by atoms with E-state index in [1.807, 2.05) is 7.05 Å². The van der Waals surface area contributed by atoms with E-state index in [9.17, 15) is 10.1 Å². The lowest BCUT2D eigenvalue weighted by molar-refractivity contribution is -0.122. The fraction of sp³-hybridized carbons (Fsp3) is 0.467. The molecule has 1 aliphatic heterocycles. The summed E-state index contributed by atoms with van der Waals surface area (Å²) in [5.74, 6) is -0.226. The van der Waals surface area contributed by atoms with Crippen LogP contribution >= 0.6 is 23.2 Å². The highest BCUT2D eigenvalue weighted by Gasteiger charge is 2.35. The maximum Gasteiger partial charge on any atom is 0.225 e. The van der Waals surface area contributed by atoms with Gasteiger partial charge in [0.05, 0.1) is 12.5 Å². The highest BCUT2D eigenvalue weighted by molar-refractivity contribution is 6.36. The number of nitrogens with one attached hydrogen (secondary N) is 1. The van der Waals surface area contributed by atoms with Crippen LogP contribution in [0.4, 0.5) is 0 Å². The standard InChI is InChI=1S/C15H17Cl2N3O/c1-20-7-5-15(10-18,6-8-20)19-14(21)9-11-12(16)3-2-4-13(11)17/h2-4H,5-9H2,1H3,(H,19,21). The zero-order valence-corrected chi connectivity index (χ0v) is 13.3. The first kappa shape index (κ1) is 16.1. The molecular weight excluding hydrogens is 309 g/mol. The number of piperidine rings is 1. The van der Waals surface area contributed by atoms with Crippen molar-refractivity contribution in [3.05, 3.63) is 33.8 Å². The van der Waals surface area contributed by atoms with Crippen molar-refractivity contribution in [2.75, 3.05) is 20.1 Å². The lowest BCUT2D eigenvalue weighted by atomic mass is 9.89. The van der Waals surface area contributed by atoms with Crippen LogP contribution < -0.4 is 5.32 Å². The third-order valence-corrected chi connectivity index (χ3v) is 4.54. The van der Waals surface area contributed by atoms with Gasteiger partial charge in [-0.1, -0.05) is 29.3 Å². The van der Waals surface area contributed by atoms with Crippen molar-refractivity contribution in [2.24, 2.45) is 0 Å². The summed E-state index contributed by atoms with van der Waals surface area (Å²) in [6.45, 7) is 1.58. The zero-order chi connectivity index (χ0) is 15.5. The summed E-state index contributed by atoms with van der Waals surface area (Å²) >= 11 is 12.1. The molecule has 0 aromatic heterocycles. The summed E-state index contributed by atoms with van der Waals surface area (Å²) in [5.41, 5.74) is -0.184. The van der Waals surface area contributed by atoms with Gasteiger partial charge >= 0.3 is 0 Å². The van der Waals surface area contributed by atoms with E-state index in [4.69, 9.17) is 23.2 Å². The van der Waals surface area contributed by atoms with E-state index < -0.39 is 5.54 Å². The summed E-state index contributed by atoms with van der Waals surface area (Å²) in [5, 5.41) is 13.2. The monoisotopic (exact) mass is 325 g/mol. The van der Waals surface area contributed by atoms with Gasteiger partial charge in [-0.05, 0) is 37.6 Å². The van der Waals surface area contributed by atoms with E-state index in [0.29, 0.717) is 28.5 Å². The molecule has 6 heteroatoms. The molecule has 0 aliphatic carbocycles. The molecule has 1 aromatic rings. The Labute approximate surface area is 134 Å². The van der Waals surface area contributed by atoms with Gasteiger partial charge in [-0.3, -0.25) is 4.79 Å². The topological polar surface area (TPSA) is 56.1 Å². The van der Waals surface area contributed by atoms with Crippen LogP contribution in [-0.2, 0) is 11.2 Å². The fourth-order valence-electron chi connectivity index (χ4n) is 2.44. The molecule has 2 rings (SSSR count). The lowest BCUT2D eigenvalue weighted by Crippen LogP contribution is -2.54. The van der Waals surface area contributed by atoms with Gasteiger partial charge in [0.2, 0.25) is 5.91 Å². The summed E-state index contributed by atoms with van der Waals surface area (Å²) in [4.78, 5) is 14.4. The van der Waals surface area contributed by atoms with Gasteiger partial charge in [-0.25, -0.2) is 0 Å². The Kier molecular flexibility index (Phi) is 5.10. The van der Waals surface area contributed by atoms with Crippen LogP contribution in [0, 0.1) is 11.3 Å². The van der Waals surface area contributed by atoms with Crippen molar-refractivity contribution >= 4 is 29.1 Å². The second-order valence-corrected chi connectivity index (χ2v) is 6.24. The van der Waals surface area contributed by atoms with Crippen LogP contribution in [0.1, 0.15) is 18.4 Å². The number of halogens is 2. The molecule has 4 nitrogen and oxygen atoms in total. The molecule has 1 fully saturated rings. The van der Waals surface area contributed by atoms with Crippen molar-refractivity contribution in [3.8, 4) is 6.07 Å². The number of carbonyl (C=O) groups excluding carboxylic acids is 1. The van der Waals surface area contributed by atoms with Crippen LogP contribution in [0.5, 0.6) is 0 Å². The van der Waals surface area contributed by atoms with Crippen LogP contribution in [0.15, 0.2) is 18.2 Å². The van der Waals surface area contributed by atoms with Gasteiger partial charge in [0.15, 0.2) is 0 Å². The first-order valence-corrected chi connectivity index (χ1v) is 7.55. The van der Waals surface area contributed by atoms with E-state index in [1.165, 1.54) is 0 Å². The molecule has 1 amide bonds. The molecule has 0 atom stereocenters. The van der Waals surface area contributed by atoms with E-state index in [0.717, 1.165) is 13.1 Å². The van der Waals surface area contributed by atoms with Crippen molar-refractivity contribution in [1.29, 1.82) is 5.26 Å². The second-order valence-electron chi connectivity index (χ2n) is 5.42. The molecule has 1 aliphatic rings. The Morgan fingerprint density at radius 1 is 1.38 bits per heavy atom. The van der Waals surface area contributed by atoms with E-state index >= 15 is 0 Å². The quantitative estimate of drug-likeness (QED) is 0.929. The van der Waals surface area contributed by atoms with Crippen molar-refractivity contribution < 1.29 is 4.79 Å². The zero-order valence-electron chi connectivity index (χ0n) is 11.8. The predicted octanol–water partition coefficient (Wildman–Crippen LogP) is 2.64. The van der Waals surface area contributed by atoms with Crippen molar-refractivity contribution in [2.45, 2.75) is 24.8 Å². The van der Waals surface area contributed by atoms with Gasteiger partial charge in [-0.2, -0.15) is 5.26 Å². The smallest absolute Gasteiger partial charge is 0.225 e. The molecule has 21 heavy (non-hydrogen) atoms. The van der Waals surface area contributed by atoms with E-state index in [-0.39, 0.29) is 12.3 Å². The van der Waals surface area contributed by atoms with Gasteiger partial charge in [-0.15, -0.1) is 0 Å². The van der Waals surface area contributed by atoms with Gasteiger partial charge in [0.25, 0.3) is 0 Å². The molecule has 0 bridgehead atoms. The van der Waals surface area contributed by atoms with Crippen LogP contribution in [-0.4, -0.2) is 36.5 Å². The Morgan fingerprint density at radius 2 is 1.95 bits per heavy atom. The molecular formula is C15H17Cl2N3O. The number of rotatable bonds is 3. The lowest BCUT2D eigenvalue weighted by Gasteiger charge is -2.36. The summed E-state index contributed by atoms with van der Waals surface area (Å²) in [6.07, 6.45) is 1.34. The summed E-state index contributed by atoms with van der Waals surface area (Å²) < 4.78 is 0. The Bertz CT molecular complexity index is 555. The van der Waals surface area contributed by atoms with Crippen molar-refractivity contribution in [3.63, 3.8) is 0 Å². The fourth-order valence-corrected chi connectivity index (χ4v) is 2.97. The number of amides is 1. The average molecular weight is 326 g/mol. The summed E-state index contributed by atoms with van der Waals surface area (Å²) in [6, 6.07) is 7.40. The third kappa shape index (κ3) is 3.88. The minimum atomic E-state index is -0.780. The molecule has 1 heterocycles. The largest absolute Gasteiger partial charge is 0.337 e. The van der Waals surface area contributed by atoms with E-state index in [2.05, 4.69) is 16.3 Å². The molecule has 0 radical (unpaired) electrons. The van der Waals surface area contributed by atoms with Gasteiger partial charge in [0, 0.05) is 23.1 Å². The molecule has 0 spiro atoms. The molecule has 112 valence electrons. The third-order valence-electron chi connectivity index (χ3n) is 3.83. The van der Waals surface area contributed by atoms with Crippen LogP contribution in [0.2, 0.25) is 10.0 Å². The maximum atomic E-state index is 12.2. The number of nitriles is 1. The molecule has 1 aromatic carbocycles. The highest BCUT2D eigenvalue weighted by atomic mass is 35.5. The SMILES string of the molecule is CN1CCC(C#N)(NC(=O)Cc2c(Cl)cccc2Cl)CC1. The number of hydrogen-bond donors (Lipinski definition) is 1. The molecule has 0 saturated carbocycles. The number of likely N-dealkylation sites (tertiary alicyclic amines) is 1. The minimum Gasteiger partial charge on any atom is -0.337 e. The highest BCUT2D eigenvalue weighted by Crippen LogP contribution is 2.26. The minimum absolute atomic E-state index is 0.0811. The summed E-state index contributed by atoms with van der Waals surface area (Å²) in [7, 11) is 2.01. The molecule has 0 unspecified atom stereocenters. The van der Waals surface area contributed by atoms with Gasteiger partial charge in [0.1, 0.15) is 5.54 Å². The first-order chi connectivity index (χ1) is 9.96. The number of nitrogens with zero attached hydrogens (tertiary/aromatic N) is 2. The van der Waals surface area contributed by atoms with E-state index in [1.54, 1.807) is 18.2 Å². The maximum absolute atomic E-state index is 12.2. The number of carbonyl (C=O) groups is 1. The normalized spacial score (nSPS) is 18.0. The van der Waals surface area contributed by atoms with Crippen LogP contribution in [0.3, 0.4) is 0 Å². The van der Waals surface area contributed by atoms with Crippen LogP contribution in [0.25, 0.3) is 0 Å². The predicted molar refractivity (Wildman–Crippen MR) is 83.4 cm³/mol. The Hall–Kier alpha value is -1.28. The number of hydrogen-bond acceptors (Lipinski definition) is 3. The number of benzene rings is 1. The molecule has 1 saturated heterocycles. The Balaban J connectivity index is 2.06. The molecule has 1 N–H and O–H groups in total. The first-order valence-electron chi connectivity index (χ1n) is 6.79. The Morgan fingerprint density at radius 3 is 2.48 bits per heavy atom. The second kappa shape index (κ2) is 6.65. The van der Waals surface area contributed by atoms with Crippen molar-refractivity contribution in [1.82, 2.24) is 10.2 Å².